The van der Waals surface area contributed by atoms with Gasteiger partial charge in [0.05, 0.1) is 4.90 Å². The maximum Gasteiger partial charge on any atom is 0.322 e. The molecule has 0 saturated carbocycles. The maximum absolute atomic E-state index is 12.5. The van der Waals surface area contributed by atoms with Crippen molar-refractivity contribution in [3.8, 4) is 0 Å². The lowest BCUT2D eigenvalue weighted by molar-refractivity contribution is -0.141. The minimum absolute atomic E-state index is 0.113. The van der Waals surface area contributed by atoms with E-state index in [-0.39, 0.29) is 17.4 Å². The van der Waals surface area contributed by atoms with Crippen LogP contribution >= 0.6 is 15.9 Å². The van der Waals surface area contributed by atoms with Crippen LogP contribution in [0.25, 0.3) is 0 Å². The van der Waals surface area contributed by atoms with Gasteiger partial charge in [-0.25, -0.2) is 8.42 Å². The topological polar surface area (TPSA) is 74.7 Å². The molecule has 0 bridgehead atoms. The summed E-state index contributed by atoms with van der Waals surface area (Å²) >= 11 is 3.22. The smallest absolute Gasteiger partial charge is 0.322 e. The van der Waals surface area contributed by atoms with Crippen LogP contribution in [0, 0.1) is 5.92 Å². The number of hydrogen-bond donors (Lipinski definition) is 1. The quantitative estimate of drug-likeness (QED) is 0.906. The third-order valence-corrected chi connectivity index (χ3v) is 5.68. The van der Waals surface area contributed by atoms with Gasteiger partial charge in [-0.2, -0.15) is 4.31 Å². The van der Waals surface area contributed by atoms with Gasteiger partial charge < -0.3 is 5.11 Å². The van der Waals surface area contributed by atoms with Gasteiger partial charge in [0.1, 0.15) is 6.04 Å². The molecule has 1 aromatic carbocycles. The Morgan fingerprint density at radius 1 is 1.47 bits per heavy atom. The number of aliphatic carboxylic acids is 1. The van der Waals surface area contributed by atoms with E-state index < -0.39 is 22.0 Å². The second kappa shape index (κ2) is 5.22. The van der Waals surface area contributed by atoms with Gasteiger partial charge in [-0.05, 0) is 30.5 Å². The minimum atomic E-state index is -3.77. The lowest BCUT2D eigenvalue weighted by Gasteiger charge is -2.22. The highest BCUT2D eigenvalue weighted by molar-refractivity contribution is 9.10. The van der Waals surface area contributed by atoms with E-state index in [9.17, 15) is 18.3 Å². The van der Waals surface area contributed by atoms with Crippen LogP contribution in [-0.2, 0) is 14.8 Å². The normalized spacial score (nSPS) is 24.5. The fraction of sp³-hybridized carbons (Fsp3) is 0.417. The van der Waals surface area contributed by atoms with Crippen LogP contribution in [0.15, 0.2) is 33.6 Å². The van der Waals surface area contributed by atoms with Gasteiger partial charge in [0.2, 0.25) is 10.0 Å². The summed E-state index contributed by atoms with van der Waals surface area (Å²) in [4.78, 5) is 11.4. The van der Waals surface area contributed by atoms with Crippen molar-refractivity contribution in [2.45, 2.75) is 24.3 Å². The largest absolute Gasteiger partial charge is 0.480 e. The first-order chi connectivity index (χ1) is 8.84. The molecule has 1 N–H and O–H groups in total. The zero-order valence-corrected chi connectivity index (χ0v) is 12.7. The molecule has 1 fully saturated rings. The first kappa shape index (κ1) is 14.5. The van der Waals surface area contributed by atoms with Gasteiger partial charge in [-0.15, -0.1) is 0 Å². The van der Waals surface area contributed by atoms with Gasteiger partial charge >= 0.3 is 5.97 Å². The molecule has 0 aliphatic carbocycles. The van der Waals surface area contributed by atoms with Crippen molar-refractivity contribution in [3.63, 3.8) is 0 Å². The van der Waals surface area contributed by atoms with Crippen molar-refractivity contribution >= 4 is 31.9 Å². The SMILES string of the molecule is CC1CCN(S(=O)(=O)c2cccc(Br)c2)C1C(=O)O. The molecule has 104 valence electrons. The molecule has 1 aliphatic rings. The Kier molecular flexibility index (Phi) is 3.98. The third kappa shape index (κ3) is 2.68. The number of carboxylic acids is 1. The van der Waals surface area contributed by atoms with E-state index in [0.717, 1.165) is 4.31 Å². The van der Waals surface area contributed by atoms with Gasteiger partial charge in [0.15, 0.2) is 0 Å². The Bertz CT molecular complexity index is 602. The van der Waals surface area contributed by atoms with Crippen molar-refractivity contribution in [1.29, 1.82) is 0 Å². The summed E-state index contributed by atoms with van der Waals surface area (Å²) in [5.41, 5.74) is 0. The zero-order valence-electron chi connectivity index (χ0n) is 10.3. The standard InChI is InChI=1S/C12H14BrNO4S/c1-8-5-6-14(11(8)12(15)16)19(17,18)10-4-2-3-9(13)7-10/h2-4,7-8,11H,5-6H2,1H3,(H,15,16). The van der Waals surface area contributed by atoms with Crippen molar-refractivity contribution in [1.82, 2.24) is 4.31 Å². The fourth-order valence-corrected chi connectivity index (χ4v) is 4.60. The fourth-order valence-electron chi connectivity index (χ4n) is 2.31. The Labute approximate surface area is 120 Å². The second-order valence-corrected chi connectivity index (χ2v) is 7.43. The predicted octanol–water partition coefficient (Wildman–Crippen LogP) is 1.93. The number of benzene rings is 1. The van der Waals surface area contributed by atoms with E-state index in [1.165, 1.54) is 12.1 Å². The summed E-state index contributed by atoms with van der Waals surface area (Å²) in [5.74, 6) is -1.28. The summed E-state index contributed by atoms with van der Waals surface area (Å²) < 4.78 is 26.7. The van der Waals surface area contributed by atoms with Crippen LogP contribution in [-0.4, -0.2) is 36.4 Å². The molecule has 1 heterocycles. The number of hydrogen-bond acceptors (Lipinski definition) is 3. The average molecular weight is 348 g/mol. The molecule has 2 rings (SSSR count). The zero-order chi connectivity index (χ0) is 14.2. The van der Waals surface area contributed by atoms with Crippen molar-refractivity contribution in [3.05, 3.63) is 28.7 Å². The van der Waals surface area contributed by atoms with E-state index in [1.807, 2.05) is 0 Å². The summed E-state index contributed by atoms with van der Waals surface area (Å²) in [6.07, 6.45) is 0.560. The Hall–Kier alpha value is -0.920. The number of carboxylic acid groups (broad SMARTS) is 1. The van der Waals surface area contributed by atoms with E-state index in [0.29, 0.717) is 10.9 Å². The van der Waals surface area contributed by atoms with Crippen LogP contribution in [0.1, 0.15) is 13.3 Å². The molecule has 2 atom stereocenters. The van der Waals surface area contributed by atoms with Crippen LogP contribution in [0.2, 0.25) is 0 Å². The first-order valence-electron chi connectivity index (χ1n) is 5.84. The molecule has 5 nitrogen and oxygen atoms in total. The molecule has 19 heavy (non-hydrogen) atoms. The first-order valence-corrected chi connectivity index (χ1v) is 8.07. The van der Waals surface area contributed by atoms with E-state index in [2.05, 4.69) is 15.9 Å². The van der Waals surface area contributed by atoms with E-state index >= 15 is 0 Å². The van der Waals surface area contributed by atoms with E-state index in [1.54, 1.807) is 19.1 Å². The van der Waals surface area contributed by atoms with Crippen LogP contribution in [0.3, 0.4) is 0 Å². The molecule has 0 spiro atoms. The molecule has 0 radical (unpaired) electrons. The monoisotopic (exact) mass is 347 g/mol. The van der Waals surface area contributed by atoms with Crippen molar-refractivity contribution in [2.75, 3.05) is 6.54 Å². The molecular formula is C12H14BrNO4S. The molecule has 1 aliphatic heterocycles. The summed E-state index contributed by atoms with van der Waals surface area (Å²) in [5, 5.41) is 9.20. The second-order valence-electron chi connectivity index (χ2n) is 4.62. The van der Waals surface area contributed by atoms with Crippen molar-refractivity contribution < 1.29 is 18.3 Å². The Morgan fingerprint density at radius 3 is 2.74 bits per heavy atom. The molecular weight excluding hydrogens is 334 g/mol. The van der Waals surface area contributed by atoms with Gasteiger partial charge in [0, 0.05) is 11.0 Å². The van der Waals surface area contributed by atoms with Gasteiger partial charge in [-0.1, -0.05) is 28.9 Å². The number of sulfonamides is 1. The van der Waals surface area contributed by atoms with Crippen LogP contribution < -0.4 is 0 Å². The molecule has 1 aromatic rings. The minimum Gasteiger partial charge on any atom is -0.480 e. The summed E-state index contributed by atoms with van der Waals surface area (Å²) in [6.45, 7) is 2.00. The Morgan fingerprint density at radius 2 is 2.16 bits per heavy atom. The third-order valence-electron chi connectivity index (χ3n) is 3.31. The number of nitrogens with zero attached hydrogens (tertiary/aromatic N) is 1. The summed E-state index contributed by atoms with van der Waals surface area (Å²) in [6, 6.07) is 5.31. The average Bonchev–Trinajstić information content (AvgIpc) is 2.72. The highest BCUT2D eigenvalue weighted by Crippen LogP contribution is 2.31. The Balaban J connectivity index is 2.42. The lowest BCUT2D eigenvalue weighted by atomic mass is 10.0. The maximum atomic E-state index is 12.5. The summed E-state index contributed by atoms with van der Waals surface area (Å²) in [7, 11) is -3.77. The lowest BCUT2D eigenvalue weighted by Crippen LogP contribution is -2.42. The number of rotatable bonds is 3. The number of halogens is 1. The predicted molar refractivity (Wildman–Crippen MR) is 73.2 cm³/mol. The molecule has 7 heteroatoms. The van der Waals surface area contributed by atoms with Crippen LogP contribution in [0.5, 0.6) is 0 Å². The molecule has 0 aromatic heterocycles. The molecule has 0 amide bonds. The van der Waals surface area contributed by atoms with Crippen molar-refractivity contribution in [2.24, 2.45) is 5.92 Å². The van der Waals surface area contributed by atoms with Gasteiger partial charge in [-0.3, -0.25) is 4.79 Å². The number of carbonyl (C=O) groups is 1. The van der Waals surface area contributed by atoms with Gasteiger partial charge in [0.25, 0.3) is 0 Å². The molecule has 2 unspecified atom stereocenters. The highest BCUT2D eigenvalue weighted by Gasteiger charge is 2.43. The van der Waals surface area contributed by atoms with E-state index in [4.69, 9.17) is 0 Å². The highest BCUT2D eigenvalue weighted by atomic mass is 79.9. The molecule has 1 saturated heterocycles. The van der Waals surface area contributed by atoms with Crippen LogP contribution in [0.4, 0.5) is 0 Å².